The number of rotatable bonds is 18. The van der Waals surface area contributed by atoms with Crippen molar-refractivity contribution in [3.63, 3.8) is 0 Å². The second kappa shape index (κ2) is 22.0. The molecule has 0 spiro atoms. The molecule has 1 unspecified atom stereocenters. The third kappa shape index (κ3) is 11.7. The number of nitrogens with zero attached hydrogens (tertiary/aromatic N) is 6. The van der Waals surface area contributed by atoms with Crippen LogP contribution in [0.4, 0.5) is 52.0 Å². The molecule has 440 valence electrons. The number of carboxylic acids is 2. The van der Waals surface area contributed by atoms with Crippen molar-refractivity contribution in [3.8, 4) is 16.9 Å². The quantitative estimate of drug-likeness (QED) is 0.0287. The molecule has 9 aromatic rings. The summed E-state index contributed by atoms with van der Waals surface area (Å²) in [7, 11) is -20.5. The van der Waals surface area contributed by atoms with Gasteiger partial charge in [0.25, 0.3) is 46.0 Å². The molecule has 0 bridgehead atoms. The van der Waals surface area contributed by atoms with E-state index in [1.54, 1.807) is 48.5 Å². The number of nitrogens with one attached hydrogen (secondary N) is 4. The lowest BCUT2D eigenvalue weighted by atomic mass is 9.83. The molecule has 2 aromatic heterocycles. The molecule has 1 aliphatic rings. The summed E-state index contributed by atoms with van der Waals surface area (Å²) in [6.45, 7) is 0. The highest BCUT2D eigenvalue weighted by Gasteiger charge is 2.33. The maximum atomic E-state index is 14.4. The number of carbonyl (C=O) groups is 3. The summed E-state index contributed by atoms with van der Waals surface area (Å²) in [5.41, 5.74) is -3.49. The first-order chi connectivity index (χ1) is 40.3. The number of anilines is 7. The van der Waals surface area contributed by atoms with Gasteiger partial charge in [0, 0.05) is 40.9 Å². The Labute approximate surface area is 488 Å². The monoisotopic (exact) mass is 1270 g/mol. The summed E-state index contributed by atoms with van der Waals surface area (Å²) in [6.07, 6.45) is -0.277. The second-order valence-electron chi connectivity index (χ2n) is 18.7. The molecule has 0 radical (unpaired) electrons. The largest absolute Gasteiger partial charge is 0.505 e. The Morgan fingerprint density at radius 3 is 1.83 bits per heavy atom. The molecule has 86 heavy (non-hydrogen) atoms. The number of aliphatic carboxylic acids is 1. The molecule has 1 aliphatic carbocycles. The minimum Gasteiger partial charge on any atom is -0.505 e. The Bertz CT molecular complexity index is 5040. The maximum absolute atomic E-state index is 14.4. The van der Waals surface area contributed by atoms with Crippen LogP contribution in [-0.2, 0) is 58.7 Å². The standard InChI is InChI=1S/C52H37ClN10O19S4/c1-63-37-14-13-31(44-43(37)30(20-41(63)64)27-9-5-6-10-28(27)46(44)65)54-33-21-34(39(85(77,78)79)22-38(33)84(74,75)76)55-50-58-51(60-52(59-50)57-36(49(69)70)15-23-7-3-2-4-8-23)56-35-19-26(83(71,72)73)16-24-17-40(86(80,81)82)45(47(66)42(24)35)62-61-32-18-25(53)11-12-29(32)48(67)68/h2-14,16-22,36,54,66H,15H2,1H3,(H,67,68)(H,69,70)(H,71,72,73)(H,74,75,76)(H,77,78,79)(H,80,81,82)(H3,55,56,57,58,59,60). The molecule has 29 nitrogen and oxygen atoms in total. The molecule has 0 saturated heterocycles. The first-order valence-electron chi connectivity index (χ1n) is 24.1. The van der Waals surface area contributed by atoms with Gasteiger partial charge in [-0.2, -0.15) is 48.6 Å². The molecule has 11 N–H and O–H groups in total. The predicted octanol–water partition coefficient (Wildman–Crippen LogP) is 7.89. The first-order valence-corrected chi connectivity index (χ1v) is 30.3. The zero-order valence-electron chi connectivity index (χ0n) is 43.1. The van der Waals surface area contributed by atoms with E-state index in [1.807, 2.05) is 0 Å². The molecule has 2 heterocycles. The number of hydrogen-bond donors (Lipinski definition) is 11. The van der Waals surface area contributed by atoms with E-state index in [0.717, 1.165) is 18.2 Å². The number of benzene rings is 7. The van der Waals surface area contributed by atoms with E-state index in [4.69, 9.17) is 11.6 Å². The van der Waals surface area contributed by atoms with Crippen molar-refractivity contribution < 1.29 is 81.6 Å². The number of ketones is 1. The average molecular weight is 1270 g/mol. The number of aryl methyl sites for hydroxylation is 1. The van der Waals surface area contributed by atoms with Crippen molar-refractivity contribution in [1.29, 1.82) is 0 Å². The summed E-state index contributed by atoms with van der Waals surface area (Å²) in [5.74, 6) is -7.31. The van der Waals surface area contributed by atoms with Gasteiger partial charge in [0.05, 0.1) is 44.3 Å². The fraction of sp³-hybridized carbons (Fsp3) is 0.0577. The summed E-state index contributed by atoms with van der Waals surface area (Å²) < 4.78 is 147. The number of aromatic carboxylic acids is 1. The van der Waals surface area contributed by atoms with Crippen LogP contribution >= 0.6 is 11.6 Å². The Kier molecular flexibility index (Phi) is 15.2. The highest BCUT2D eigenvalue weighted by Crippen LogP contribution is 2.47. The number of pyridine rings is 1. The number of aromatic nitrogens is 4. The lowest BCUT2D eigenvalue weighted by Crippen LogP contribution is -2.32. The van der Waals surface area contributed by atoms with Crippen molar-refractivity contribution >= 4 is 143 Å². The molecule has 0 fully saturated rings. The zero-order valence-corrected chi connectivity index (χ0v) is 47.1. The summed E-state index contributed by atoms with van der Waals surface area (Å²) >= 11 is 6.06. The van der Waals surface area contributed by atoms with Gasteiger partial charge in [0.15, 0.2) is 11.5 Å². The van der Waals surface area contributed by atoms with Crippen molar-refractivity contribution in [3.05, 3.63) is 159 Å². The van der Waals surface area contributed by atoms with Crippen molar-refractivity contribution in [2.75, 3.05) is 21.3 Å². The van der Waals surface area contributed by atoms with E-state index in [1.165, 1.54) is 41.9 Å². The third-order valence-corrected chi connectivity index (χ3v) is 16.9. The second-order valence-corrected chi connectivity index (χ2v) is 24.7. The van der Waals surface area contributed by atoms with Crippen LogP contribution in [-0.4, -0.2) is 110 Å². The minimum absolute atomic E-state index is 0.0776. The first kappa shape index (κ1) is 59.3. The fourth-order valence-electron chi connectivity index (χ4n) is 9.36. The lowest BCUT2D eigenvalue weighted by Gasteiger charge is -2.24. The number of fused-ring (bicyclic) bond motifs is 3. The third-order valence-electron chi connectivity index (χ3n) is 13.2. The van der Waals surface area contributed by atoms with E-state index >= 15 is 0 Å². The predicted molar refractivity (Wildman–Crippen MR) is 307 cm³/mol. The molecule has 1 atom stereocenters. The highest BCUT2D eigenvalue weighted by molar-refractivity contribution is 7.87. The number of phenolic OH excluding ortho intramolecular Hbond substituents is 1. The maximum Gasteiger partial charge on any atom is 0.337 e. The smallest absolute Gasteiger partial charge is 0.337 e. The lowest BCUT2D eigenvalue weighted by molar-refractivity contribution is -0.137. The van der Waals surface area contributed by atoms with Gasteiger partial charge in [0.2, 0.25) is 17.8 Å². The Balaban J connectivity index is 1.17. The van der Waals surface area contributed by atoms with Crippen LogP contribution in [0.2, 0.25) is 5.02 Å². The Hall–Kier alpha value is -9.84. The SMILES string of the molecule is Cn1c(=O)cc2c3c(c(Nc4cc(Nc5nc(Nc6cc(S(=O)(=O)O)cc7cc(S(=O)(=O)O)c(N=Nc8cc(Cl)ccc8C(=O)O)c(O)c67)nc(NC(Cc6ccccc6)C(=O)O)n5)c(S(=O)(=O)O)cc4S(=O)(=O)O)ccc31)C(=O)c1ccccc1-2. The molecular formula is C52H37ClN10O19S4. The van der Waals surface area contributed by atoms with Crippen molar-refractivity contribution in [2.24, 2.45) is 17.3 Å². The number of aromatic hydroxyl groups is 1. The zero-order chi connectivity index (χ0) is 62.1. The summed E-state index contributed by atoms with van der Waals surface area (Å²) in [4.78, 5) is 60.3. The van der Waals surface area contributed by atoms with Gasteiger partial charge in [-0.3, -0.25) is 27.8 Å². The van der Waals surface area contributed by atoms with Crippen LogP contribution in [0.3, 0.4) is 0 Å². The van der Waals surface area contributed by atoms with Gasteiger partial charge < -0.3 is 41.2 Å². The van der Waals surface area contributed by atoms with E-state index in [9.17, 15) is 86.4 Å². The van der Waals surface area contributed by atoms with Crippen LogP contribution in [0, 0.1) is 0 Å². The number of azo groups is 1. The van der Waals surface area contributed by atoms with E-state index in [-0.39, 0.29) is 39.2 Å². The number of carboxylic acid groups (broad SMARTS) is 2. The van der Waals surface area contributed by atoms with E-state index < -0.39 is 158 Å². The minimum atomic E-state index is -5.60. The van der Waals surface area contributed by atoms with Crippen LogP contribution in [0.15, 0.2) is 156 Å². The van der Waals surface area contributed by atoms with Crippen LogP contribution in [0.5, 0.6) is 5.75 Å². The van der Waals surface area contributed by atoms with Crippen molar-refractivity contribution in [2.45, 2.75) is 32.0 Å². The highest BCUT2D eigenvalue weighted by atomic mass is 35.5. The van der Waals surface area contributed by atoms with Crippen LogP contribution < -0.4 is 26.8 Å². The number of phenols is 1. The van der Waals surface area contributed by atoms with Gasteiger partial charge in [-0.1, -0.05) is 66.2 Å². The van der Waals surface area contributed by atoms with E-state index in [0.29, 0.717) is 41.0 Å². The summed E-state index contributed by atoms with van der Waals surface area (Å²) in [6, 6.07) is 22.8. The molecule has 0 amide bonds. The molecule has 34 heteroatoms. The molecular weight excluding hydrogens is 1230 g/mol. The summed E-state index contributed by atoms with van der Waals surface area (Å²) in [5, 5.41) is 48.9. The van der Waals surface area contributed by atoms with Gasteiger partial charge in [-0.05, 0) is 82.7 Å². The van der Waals surface area contributed by atoms with Gasteiger partial charge in [-0.25, -0.2) is 9.59 Å². The van der Waals surface area contributed by atoms with E-state index in [2.05, 4.69) is 46.4 Å². The van der Waals surface area contributed by atoms with Gasteiger partial charge >= 0.3 is 11.9 Å². The number of carbonyl (C=O) groups excluding carboxylic acids is 1. The fourth-order valence-corrected chi connectivity index (χ4v) is 12.1. The number of hydrogen-bond acceptors (Lipinski definition) is 22. The van der Waals surface area contributed by atoms with Crippen LogP contribution in [0.1, 0.15) is 31.8 Å². The molecule has 0 aliphatic heterocycles. The topological polar surface area (TPSA) is 463 Å². The molecule has 10 rings (SSSR count). The average Bonchev–Trinajstić information content (AvgIpc) is 0.796. The van der Waals surface area contributed by atoms with Gasteiger partial charge in [0.1, 0.15) is 32.1 Å². The Morgan fingerprint density at radius 2 is 1.21 bits per heavy atom. The number of halogens is 1. The molecule has 0 saturated carbocycles. The van der Waals surface area contributed by atoms with Crippen molar-refractivity contribution in [1.82, 2.24) is 19.5 Å². The van der Waals surface area contributed by atoms with Gasteiger partial charge in [-0.15, -0.1) is 10.2 Å². The molecule has 7 aromatic carbocycles. The van der Waals surface area contributed by atoms with Crippen LogP contribution in [0.25, 0.3) is 32.8 Å². The Morgan fingerprint density at radius 1 is 0.605 bits per heavy atom. The normalized spacial score (nSPS) is 12.9.